The van der Waals surface area contributed by atoms with Crippen LogP contribution in [0.25, 0.3) is 0 Å². The van der Waals surface area contributed by atoms with Gasteiger partial charge in [0.15, 0.2) is 0 Å². The lowest BCUT2D eigenvalue weighted by Gasteiger charge is -2.13. The van der Waals surface area contributed by atoms with Crippen LogP contribution < -0.4 is 5.32 Å². The summed E-state index contributed by atoms with van der Waals surface area (Å²) in [5.41, 5.74) is 1.27. The molecule has 1 amide bonds. The monoisotopic (exact) mass is 303 g/mol. The fourth-order valence-corrected chi connectivity index (χ4v) is 1.73. The first kappa shape index (κ1) is 17.0. The zero-order valence-electron chi connectivity index (χ0n) is 11.7. The minimum Gasteiger partial charge on any atom is -0.465 e. The number of halogens is 3. The molecule has 0 radical (unpaired) electrons. The topological polar surface area (TPSA) is 55.4 Å². The predicted molar refractivity (Wildman–Crippen MR) is 69.9 cm³/mol. The molecule has 0 spiro atoms. The maximum atomic E-state index is 12.0. The molecular weight excluding hydrogens is 287 g/mol. The van der Waals surface area contributed by atoms with Gasteiger partial charge in [-0.1, -0.05) is 19.1 Å². The van der Waals surface area contributed by atoms with Gasteiger partial charge < -0.3 is 10.1 Å². The van der Waals surface area contributed by atoms with Gasteiger partial charge in [-0.05, 0) is 30.0 Å². The maximum absolute atomic E-state index is 12.0. The molecule has 0 bridgehead atoms. The van der Waals surface area contributed by atoms with Crippen LogP contribution in [0.2, 0.25) is 0 Å². The number of methoxy groups -OCH3 is 1. The van der Waals surface area contributed by atoms with Gasteiger partial charge in [-0.25, -0.2) is 4.79 Å². The van der Waals surface area contributed by atoms with Crippen molar-refractivity contribution in [1.82, 2.24) is 5.32 Å². The number of benzene rings is 1. The SMILES string of the molecule is COC(=O)c1ccc(C(C)CCNC(=O)C(F)(F)F)cc1. The summed E-state index contributed by atoms with van der Waals surface area (Å²) in [5, 5.41) is 1.82. The Morgan fingerprint density at radius 1 is 1.24 bits per heavy atom. The van der Waals surface area contributed by atoms with Crippen molar-refractivity contribution in [1.29, 1.82) is 0 Å². The third-order valence-electron chi connectivity index (χ3n) is 3.02. The summed E-state index contributed by atoms with van der Waals surface area (Å²) < 4.78 is 40.5. The predicted octanol–water partition coefficient (Wildman–Crippen LogP) is 2.65. The van der Waals surface area contributed by atoms with E-state index in [2.05, 4.69) is 4.74 Å². The second-order valence-electron chi connectivity index (χ2n) is 4.56. The lowest BCUT2D eigenvalue weighted by Crippen LogP contribution is -2.37. The van der Waals surface area contributed by atoms with E-state index in [4.69, 9.17) is 0 Å². The highest BCUT2D eigenvalue weighted by Gasteiger charge is 2.38. The average molecular weight is 303 g/mol. The Bertz CT molecular complexity index is 497. The number of carbonyl (C=O) groups is 2. The first-order chi connectivity index (χ1) is 9.75. The quantitative estimate of drug-likeness (QED) is 0.851. The van der Waals surface area contributed by atoms with Gasteiger partial charge in [-0.15, -0.1) is 0 Å². The molecule has 0 aliphatic rings. The van der Waals surface area contributed by atoms with Crippen molar-refractivity contribution in [2.45, 2.75) is 25.4 Å². The number of alkyl halides is 3. The number of amides is 1. The number of rotatable bonds is 5. The highest BCUT2D eigenvalue weighted by Crippen LogP contribution is 2.20. The van der Waals surface area contributed by atoms with E-state index in [9.17, 15) is 22.8 Å². The van der Waals surface area contributed by atoms with Gasteiger partial charge in [-0.2, -0.15) is 13.2 Å². The molecular formula is C14H16F3NO3. The smallest absolute Gasteiger partial charge is 0.465 e. The summed E-state index contributed by atoms with van der Waals surface area (Å²) in [4.78, 5) is 21.9. The van der Waals surface area contributed by atoms with Crippen molar-refractivity contribution in [3.63, 3.8) is 0 Å². The van der Waals surface area contributed by atoms with Gasteiger partial charge in [-0.3, -0.25) is 4.79 Å². The van der Waals surface area contributed by atoms with Gasteiger partial charge in [0.25, 0.3) is 0 Å². The molecule has 0 aliphatic carbocycles. The number of esters is 1. The van der Waals surface area contributed by atoms with Crippen LogP contribution in [0.5, 0.6) is 0 Å². The Balaban J connectivity index is 2.51. The number of hydrogen-bond donors (Lipinski definition) is 1. The molecule has 1 rings (SSSR count). The molecule has 1 N–H and O–H groups in total. The summed E-state index contributed by atoms with van der Waals surface area (Å²) in [7, 11) is 1.28. The fourth-order valence-electron chi connectivity index (χ4n) is 1.73. The summed E-state index contributed by atoms with van der Waals surface area (Å²) in [6.45, 7) is 1.76. The highest BCUT2D eigenvalue weighted by molar-refractivity contribution is 5.89. The zero-order chi connectivity index (χ0) is 16.0. The van der Waals surface area contributed by atoms with Crippen LogP contribution in [0.1, 0.15) is 35.2 Å². The first-order valence-electron chi connectivity index (χ1n) is 6.29. The maximum Gasteiger partial charge on any atom is 0.471 e. The molecule has 0 saturated heterocycles. The van der Waals surface area contributed by atoms with Crippen LogP contribution in [-0.2, 0) is 9.53 Å². The van der Waals surface area contributed by atoms with Crippen LogP contribution >= 0.6 is 0 Å². The molecule has 21 heavy (non-hydrogen) atoms. The summed E-state index contributed by atoms with van der Waals surface area (Å²) in [5.74, 6) is -2.44. The van der Waals surface area contributed by atoms with Gasteiger partial charge in [0.1, 0.15) is 0 Å². The molecule has 0 heterocycles. The number of hydrogen-bond acceptors (Lipinski definition) is 3. The standard InChI is InChI=1S/C14H16F3NO3/c1-9(7-8-18-13(20)14(15,16)17)10-3-5-11(6-4-10)12(19)21-2/h3-6,9H,7-8H2,1-2H3,(H,18,20). The van der Waals surface area contributed by atoms with Crippen molar-refractivity contribution in [3.05, 3.63) is 35.4 Å². The summed E-state index contributed by atoms with van der Waals surface area (Å²) in [6, 6.07) is 6.60. The molecule has 0 aliphatic heterocycles. The molecule has 7 heteroatoms. The normalized spacial score (nSPS) is 12.6. The van der Waals surface area contributed by atoms with E-state index in [1.54, 1.807) is 24.3 Å². The summed E-state index contributed by atoms with van der Waals surface area (Å²) in [6.07, 6.45) is -4.50. The van der Waals surface area contributed by atoms with E-state index in [0.29, 0.717) is 12.0 Å². The van der Waals surface area contributed by atoms with E-state index in [1.165, 1.54) is 7.11 Å². The number of nitrogens with one attached hydrogen (secondary N) is 1. The van der Waals surface area contributed by atoms with Gasteiger partial charge in [0.2, 0.25) is 0 Å². The molecule has 1 aromatic rings. The summed E-state index contributed by atoms with van der Waals surface area (Å²) >= 11 is 0. The van der Waals surface area contributed by atoms with Crippen LogP contribution in [0.15, 0.2) is 24.3 Å². The molecule has 0 saturated carbocycles. The van der Waals surface area contributed by atoms with Crippen molar-refractivity contribution in [2.75, 3.05) is 13.7 Å². The van der Waals surface area contributed by atoms with Gasteiger partial charge >= 0.3 is 18.1 Å². The minimum absolute atomic E-state index is 0.0507. The Morgan fingerprint density at radius 3 is 2.29 bits per heavy atom. The van der Waals surface area contributed by atoms with E-state index >= 15 is 0 Å². The van der Waals surface area contributed by atoms with Gasteiger partial charge in [0, 0.05) is 6.54 Å². The lowest BCUT2D eigenvalue weighted by molar-refractivity contribution is -0.173. The number of carbonyl (C=O) groups excluding carboxylic acids is 2. The zero-order valence-corrected chi connectivity index (χ0v) is 11.7. The minimum atomic E-state index is -4.86. The van der Waals surface area contributed by atoms with Crippen LogP contribution in [0.4, 0.5) is 13.2 Å². The third-order valence-corrected chi connectivity index (χ3v) is 3.02. The largest absolute Gasteiger partial charge is 0.471 e. The van der Waals surface area contributed by atoms with E-state index in [0.717, 1.165) is 5.56 Å². The van der Waals surface area contributed by atoms with Crippen molar-refractivity contribution in [3.8, 4) is 0 Å². The van der Waals surface area contributed by atoms with E-state index in [-0.39, 0.29) is 12.5 Å². The van der Waals surface area contributed by atoms with Crippen LogP contribution in [-0.4, -0.2) is 31.7 Å². The first-order valence-corrected chi connectivity index (χ1v) is 6.29. The Hall–Kier alpha value is -2.05. The lowest BCUT2D eigenvalue weighted by atomic mass is 9.97. The number of ether oxygens (including phenoxy) is 1. The molecule has 116 valence electrons. The van der Waals surface area contributed by atoms with E-state index in [1.807, 2.05) is 12.2 Å². The van der Waals surface area contributed by atoms with Crippen molar-refractivity contribution < 1.29 is 27.5 Å². The van der Waals surface area contributed by atoms with Crippen molar-refractivity contribution in [2.24, 2.45) is 0 Å². The Kier molecular flexibility index (Phi) is 5.75. The fraction of sp³-hybridized carbons (Fsp3) is 0.429. The van der Waals surface area contributed by atoms with Gasteiger partial charge in [0.05, 0.1) is 12.7 Å². The second-order valence-corrected chi connectivity index (χ2v) is 4.56. The van der Waals surface area contributed by atoms with Crippen LogP contribution in [0.3, 0.4) is 0 Å². The molecule has 1 aromatic carbocycles. The molecule has 1 unspecified atom stereocenters. The van der Waals surface area contributed by atoms with E-state index < -0.39 is 18.1 Å². The third kappa shape index (κ3) is 5.09. The Morgan fingerprint density at radius 2 is 1.81 bits per heavy atom. The highest BCUT2D eigenvalue weighted by atomic mass is 19.4. The molecule has 1 atom stereocenters. The van der Waals surface area contributed by atoms with Crippen molar-refractivity contribution >= 4 is 11.9 Å². The van der Waals surface area contributed by atoms with Crippen LogP contribution in [0, 0.1) is 0 Å². The Labute approximate surface area is 120 Å². The molecule has 0 fully saturated rings. The average Bonchev–Trinajstić information content (AvgIpc) is 2.45. The molecule has 0 aromatic heterocycles. The molecule has 4 nitrogen and oxygen atoms in total. The second kappa shape index (κ2) is 7.10.